The number of carbonyl (C=O) groups excluding carboxylic acids is 1. The fourth-order valence-corrected chi connectivity index (χ4v) is 3.11. The molecule has 8 nitrogen and oxygen atoms in total. The van der Waals surface area contributed by atoms with Crippen LogP contribution < -0.4 is 4.74 Å². The Kier molecular flexibility index (Phi) is 4.93. The molecule has 0 radical (unpaired) electrons. The smallest absolute Gasteiger partial charge is 0.410 e. The summed E-state index contributed by atoms with van der Waals surface area (Å²) in [5.41, 5.74) is 1.21. The van der Waals surface area contributed by atoms with Gasteiger partial charge in [-0.2, -0.15) is 5.10 Å². The molecule has 2 aliphatic rings. The summed E-state index contributed by atoms with van der Waals surface area (Å²) in [7, 11) is 0. The van der Waals surface area contributed by atoms with Gasteiger partial charge in [-0.25, -0.2) is 9.78 Å². The van der Waals surface area contributed by atoms with Crippen LogP contribution in [0.2, 0.25) is 5.15 Å². The minimum atomic E-state index is -0.496. The standard InChI is InChI=1S/C19H23ClN4O4/c1-19(2,3)28-18(25)23-8-13(9-23)24-7-12(5-22-24)15-6-21-17(20)4-16(15)27-14-10-26-11-14/h4-7,13-14H,8-11H2,1-3H3. The van der Waals surface area contributed by atoms with E-state index in [-0.39, 0.29) is 18.2 Å². The molecule has 9 heteroatoms. The van der Waals surface area contributed by atoms with E-state index >= 15 is 0 Å². The molecule has 0 aromatic carbocycles. The molecule has 0 bridgehead atoms. The quantitative estimate of drug-likeness (QED) is 0.725. The summed E-state index contributed by atoms with van der Waals surface area (Å²) < 4.78 is 18.4. The Hall–Kier alpha value is -2.32. The molecule has 2 fully saturated rings. The number of rotatable bonds is 4. The summed E-state index contributed by atoms with van der Waals surface area (Å²) in [5.74, 6) is 0.664. The van der Waals surface area contributed by atoms with Crippen molar-refractivity contribution in [3.8, 4) is 16.9 Å². The van der Waals surface area contributed by atoms with Crippen LogP contribution in [0.15, 0.2) is 24.7 Å². The second-order valence-electron chi connectivity index (χ2n) is 8.03. The van der Waals surface area contributed by atoms with E-state index in [0.717, 1.165) is 11.1 Å². The summed E-state index contributed by atoms with van der Waals surface area (Å²) in [5, 5.41) is 4.83. The van der Waals surface area contributed by atoms with Gasteiger partial charge < -0.3 is 19.1 Å². The molecule has 28 heavy (non-hydrogen) atoms. The van der Waals surface area contributed by atoms with Gasteiger partial charge in [-0.1, -0.05) is 11.6 Å². The van der Waals surface area contributed by atoms with E-state index in [2.05, 4.69) is 10.1 Å². The molecule has 2 aromatic heterocycles. The third-order valence-corrected chi connectivity index (χ3v) is 4.74. The van der Waals surface area contributed by atoms with Crippen LogP contribution in [0.4, 0.5) is 4.79 Å². The number of hydrogen-bond donors (Lipinski definition) is 0. The number of carbonyl (C=O) groups is 1. The van der Waals surface area contributed by atoms with E-state index < -0.39 is 5.60 Å². The van der Waals surface area contributed by atoms with Crippen LogP contribution in [0.3, 0.4) is 0 Å². The molecule has 4 rings (SSSR count). The molecule has 0 aliphatic carbocycles. The summed E-state index contributed by atoms with van der Waals surface area (Å²) >= 11 is 6.04. The number of ether oxygens (including phenoxy) is 3. The van der Waals surface area contributed by atoms with Gasteiger partial charge >= 0.3 is 6.09 Å². The molecule has 150 valence electrons. The lowest BCUT2D eigenvalue weighted by molar-refractivity contribution is -0.0794. The zero-order valence-corrected chi connectivity index (χ0v) is 16.8. The third-order valence-electron chi connectivity index (χ3n) is 4.53. The highest BCUT2D eigenvalue weighted by Gasteiger charge is 2.35. The Labute approximate surface area is 168 Å². The van der Waals surface area contributed by atoms with Gasteiger partial charge in [0.1, 0.15) is 22.6 Å². The van der Waals surface area contributed by atoms with Crippen LogP contribution in [0.1, 0.15) is 26.8 Å². The molecule has 0 saturated carbocycles. The highest BCUT2D eigenvalue weighted by Crippen LogP contribution is 2.33. The van der Waals surface area contributed by atoms with Crippen molar-refractivity contribution < 1.29 is 19.0 Å². The van der Waals surface area contributed by atoms with E-state index in [0.29, 0.717) is 37.2 Å². The average molecular weight is 407 g/mol. The van der Waals surface area contributed by atoms with Crippen LogP contribution >= 0.6 is 11.6 Å². The lowest BCUT2D eigenvalue weighted by Crippen LogP contribution is -2.52. The first-order valence-corrected chi connectivity index (χ1v) is 9.59. The van der Waals surface area contributed by atoms with E-state index in [4.69, 9.17) is 25.8 Å². The second-order valence-corrected chi connectivity index (χ2v) is 8.42. The minimum Gasteiger partial charge on any atom is -0.485 e. The van der Waals surface area contributed by atoms with Crippen LogP contribution in [0, 0.1) is 0 Å². The topological polar surface area (TPSA) is 78.7 Å². The van der Waals surface area contributed by atoms with Gasteiger partial charge in [-0.3, -0.25) is 4.68 Å². The van der Waals surface area contributed by atoms with E-state index in [1.54, 1.807) is 23.4 Å². The molecule has 0 spiro atoms. The van der Waals surface area contributed by atoms with Gasteiger partial charge in [-0.05, 0) is 20.8 Å². The Morgan fingerprint density at radius 1 is 1.29 bits per heavy atom. The summed E-state index contributed by atoms with van der Waals surface area (Å²) in [6, 6.07) is 1.83. The van der Waals surface area contributed by atoms with Crippen molar-refractivity contribution in [2.75, 3.05) is 26.3 Å². The monoisotopic (exact) mass is 406 g/mol. The highest BCUT2D eigenvalue weighted by atomic mass is 35.5. The average Bonchev–Trinajstić information content (AvgIpc) is 2.97. The van der Waals surface area contributed by atoms with Crippen LogP contribution in [0.5, 0.6) is 5.75 Å². The van der Waals surface area contributed by atoms with Gasteiger partial charge in [0.25, 0.3) is 0 Å². The first kappa shape index (κ1) is 19.0. The molecule has 2 saturated heterocycles. The number of halogens is 1. The van der Waals surface area contributed by atoms with Crippen molar-refractivity contribution >= 4 is 17.7 Å². The molecular formula is C19H23ClN4O4. The summed E-state index contributed by atoms with van der Waals surface area (Å²) in [4.78, 5) is 17.9. The molecular weight excluding hydrogens is 384 g/mol. The summed E-state index contributed by atoms with van der Waals surface area (Å²) in [6.07, 6.45) is 5.13. The molecule has 4 heterocycles. The number of nitrogens with zero attached hydrogens (tertiary/aromatic N) is 4. The minimum absolute atomic E-state index is 0.0290. The number of amides is 1. The van der Waals surface area contributed by atoms with Crippen LogP contribution in [-0.4, -0.2) is 63.8 Å². The lowest BCUT2D eigenvalue weighted by Gasteiger charge is -2.39. The number of pyridine rings is 1. The molecule has 0 unspecified atom stereocenters. The van der Waals surface area contributed by atoms with Gasteiger partial charge in [0.2, 0.25) is 0 Å². The molecule has 2 aliphatic heterocycles. The fraction of sp³-hybridized carbons (Fsp3) is 0.526. The number of aromatic nitrogens is 3. The van der Waals surface area contributed by atoms with Crippen molar-refractivity contribution in [3.63, 3.8) is 0 Å². The zero-order valence-electron chi connectivity index (χ0n) is 16.1. The maximum Gasteiger partial charge on any atom is 0.410 e. The van der Waals surface area contributed by atoms with Gasteiger partial charge in [0.15, 0.2) is 0 Å². The Morgan fingerprint density at radius 3 is 2.68 bits per heavy atom. The molecule has 0 N–H and O–H groups in total. The van der Waals surface area contributed by atoms with E-state index in [1.165, 1.54) is 0 Å². The van der Waals surface area contributed by atoms with Gasteiger partial charge in [-0.15, -0.1) is 0 Å². The first-order valence-electron chi connectivity index (χ1n) is 9.21. The van der Waals surface area contributed by atoms with Crippen LogP contribution in [0.25, 0.3) is 11.1 Å². The molecule has 0 atom stereocenters. The fourth-order valence-electron chi connectivity index (χ4n) is 2.96. The summed E-state index contributed by atoms with van der Waals surface area (Å²) in [6.45, 7) is 7.85. The van der Waals surface area contributed by atoms with Crippen LogP contribution in [-0.2, 0) is 9.47 Å². The molecule has 1 amide bonds. The SMILES string of the molecule is CC(C)(C)OC(=O)N1CC(n2cc(-c3cnc(Cl)cc3OC3COC3)cn2)C1. The van der Waals surface area contributed by atoms with Crippen molar-refractivity contribution in [2.45, 2.75) is 38.5 Å². The van der Waals surface area contributed by atoms with Crippen molar-refractivity contribution in [3.05, 3.63) is 29.8 Å². The van der Waals surface area contributed by atoms with Crippen molar-refractivity contribution in [1.29, 1.82) is 0 Å². The van der Waals surface area contributed by atoms with Crippen molar-refractivity contribution in [1.82, 2.24) is 19.7 Å². The Balaban J connectivity index is 1.44. The Bertz CT molecular complexity index is 869. The maximum atomic E-state index is 12.1. The van der Waals surface area contributed by atoms with E-state index in [1.807, 2.05) is 31.6 Å². The predicted molar refractivity (Wildman–Crippen MR) is 103 cm³/mol. The number of hydrogen-bond acceptors (Lipinski definition) is 6. The normalized spacial score (nSPS) is 17.8. The van der Waals surface area contributed by atoms with Crippen molar-refractivity contribution in [2.24, 2.45) is 0 Å². The second kappa shape index (κ2) is 7.25. The first-order chi connectivity index (χ1) is 13.3. The predicted octanol–water partition coefficient (Wildman–Crippen LogP) is 3.17. The van der Waals surface area contributed by atoms with E-state index in [9.17, 15) is 4.79 Å². The maximum absolute atomic E-state index is 12.1. The number of likely N-dealkylation sites (tertiary alicyclic amines) is 1. The Morgan fingerprint density at radius 2 is 2.04 bits per heavy atom. The van der Waals surface area contributed by atoms with Gasteiger partial charge in [0.05, 0.1) is 25.5 Å². The lowest BCUT2D eigenvalue weighted by atomic mass is 10.1. The van der Waals surface area contributed by atoms with Gasteiger partial charge in [0, 0.05) is 42.7 Å². The zero-order chi connectivity index (χ0) is 19.9. The largest absolute Gasteiger partial charge is 0.485 e. The third kappa shape index (κ3) is 4.07. The highest BCUT2D eigenvalue weighted by molar-refractivity contribution is 6.29. The molecule has 2 aromatic rings.